The van der Waals surface area contributed by atoms with Crippen molar-refractivity contribution in [1.82, 2.24) is 15.3 Å². The lowest BCUT2D eigenvalue weighted by molar-refractivity contribution is -0.145. The Hall–Kier alpha value is -3.97. The third-order valence-electron chi connectivity index (χ3n) is 5.05. The lowest BCUT2D eigenvalue weighted by Crippen LogP contribution is -2.35. The number of benzene rings is 3. The molecule has 0 saturated heterocycles. The molecule has 0 fully saturated rings. The van der Waals surface area contributed by atoms with Gasteiger partial charge in [0.2, 0.25) is 5.91 Å². The normalized spacial score (nSPS) is 11.4. The Morgan fingerprint density at radius 1 is 0.824 bits per heavy atom. The highest BCUT2D eigenvalue weighted by molar-refractivity contribution is 7.99. The molecule has 0 radical (unpaired) electrons. The number of esters is 1. The van der Waals surface area contributed by atoms with Crippen molar-refractivity contribution in [2.45, 2.75) is 11.2 Å². The first-order valence-corrected chi connectivity index (χ1v) is 11.7. The summed E-state index contributed by atoms with van der Waals surface area (Å²) in [5, 5.41) is 3.23. The number of nitrogens with one attached hydrogen (secondary N) is 1. The average molecular weight is 470 g/mol. The number of ether oxygens (including phenoxy) is 1. The summed E-state index contributed by atoms with van der Waals surface area (Å²) in [6, 6.07) is 29.7. The van der Waals surface area contributed by atoms with Gasteiger partial charge in [0.1, 0.15) is 0 Å². The molecule has 4 rings (SSSR count). The maximum absolute atomic E-state index is 12.7. The largest absolute Gasteiger partial charge is 0.467 e. The first-order chi connectivity index (χ1) is 16.6. The number of aromatic nitrogens is 2. The molecule has 1 aromatic heterocycles. The van der Waals surface area contributed by atoms with Crippen molar-refractivity contribution in [3.63, 3.8) is 0 Å². The second-order valence-electron chi connectivity index (χ2n) is 7.38. The monoisotopic (exact) mass is 469 g/mol. The summed E-state index contributed by atoms with van der Waals surface area (Å²) < 4.78 is 4.87. The van der Waals surface area contributed by atoms with Crippen LogP contribution in [0.2, 0.25) is 0 Å². The van der Waals surface area contributed by atoms with Gasteiger partial charge in [0.05, 0.1) is 24.3 Å². The van der Waals surface area contributed by atoms with Gasteiger partial charge >= 0.3 is 5.97 Å². The van der Waals surface area contributed by atoms with E-state index in [-0.39, 0.29) is 11.7 Å². The van der Waals surface area contributed by atoms with Crippen LogP contribution in [-0.4, -0.2) is 34.7 Å². The Balaban J connectivity index is 1.55. The fraction of sp³-hybridized carbons (Fsp3) is 0.111. The fourth-order valence-electron chi connectivity index (χ4n) is 3.38. The van der Waals surface area contributed by atoms with E-state index >= 15 is 0 Å². The van der Waals surface area contributed by atoms with E-state index in [2.05, 4.69) is 15.3 Å². The van der Waals surface area contributed by atoms with Crippen LogP contribution in [0.5, 0.6) is 0 Å². The van der Waals surface area contributed by atoms with Gasteiger partial charge in [-0.25, -0.2) is 14.8 Å². The first kappa shape index (κ1) is 23.2. The van der Waals surface area contributed by atoms with Crippen LogP contribution in [0, 0.1) is 0 Å². The van der Waals surface area contributed by atoms with Crippen molar-refractivity contribution in [1.29, 1.82) is 0 Å². The van der Waals surface area contributed by atoms with Crippen molar-refractivity contribution in [3.05, 3.63) is 103 Å². The quantitative estimate of drug-likeness (QED) is 0.224. The SMILES string of the molecule is COC(=O)[C@H](NC(=O)CSc1nc(-c2ccccc2)cc(-c2ccccc2)n1)c1ccccc1. The number of carbonyl (C=O) groups excluding carboxylic acids is 2. The zero-order valence-corrected chi connectivity index (χ0v) is 19.4. The topological polar surface area (TPSA) is 81.2 Å². The second-order valence-corrected chi connectivity index (χ2v) is 8.32. The van der Waals surface area contributed by atoms with Crippen molar-refractivity contribution < 1.29 is 14.3 Å². The number of nitrogens with zero attached hydrogens (tertiary/aromatic N) is 2. The molecule has 1 amide bonds. The summed E-state index contributed by atoms with van der Waals surface area (Å²) in [7, 11) is 1.30. The molecule has 1 atom stereocenters. The summed E-state index contributed by atoms with van der Waals surface area (Å²) in [4.78, 5) is 34.3. The molecule has 0 bridgehead atoms. The van der Waals surface area contributed by atoms with E-state index in [1.807, 2.05) is 72.8 Å². The van der Waals surface area contributed by atoms with E-state index < -0.39 is 12.0 Å². The predicted octanol–water partition coefficient (Wildman–Crippen LogP) is 4.93. The molecule has 4 aromatic rings. The Labute approximate surface area is 202 Å². The van der Waals surface area contributed by atoms with Gasteiger partial charge < -0.3 is 10.1 Å². The molecule has 6 nitrogen and oxygen atoms in total. The maximum Gasteiger partial charge on any atom is 0.333 e. The highest BCUT2D eigenvalue weighted by Crippen LogP contribution is 2.27. The van der Waals surface area contributed by atoms with Crippen molar-refractivity contribution in [2.75, 3.05) is 12.9 Å². The van der Waals surface area contributed by atoms with E-state index in [0.29, 0.717) is 10.7 Å². The number of rotatable bonds is 8. The minimum atomic E-state index is -0.879. The van der Waals surface area contributed by atoms with Crippen LogP contribution in [0.3, 0.4) is 0 Å². The molecule has 7 heteroatoms. The van der Waals surface area contributed by atoms with Crippen molar-refractivity contribution in [3.8, 4) is 22.5 Å². The van der Waals surface area contributed by atoms with Gasteiger partial charge in [-0.05, 0) is 11.6 Å². The third kappa shape index (κ3) is 5.88. The van der Waals surface area contributed by atoms with Crippen LogP contribution >= 0.6 is 11.8 Å². The fourth-order valence-corrected chi connectivity index (χ4v) is 4.05. The van der Waals surface area contributed by atoms with Gasteiger partial charge in [-0.15, -0.1) is 0 Å². The van der Waals surface area contributed by atoms with E-state index in [4.69, 9.17) is 4.74 Å². The Kier molecular flexibility index (Phi) is 7.67. The predicted molar refractivity (Wildman–Crippen MR) is 133 cm³/mol. The lowest BCUT2D eigenvalue weighted by atomic mass is 10.1. The van der Waals surface area contributed by atoms with Crippen LogP contribution in [-0.2, 0) is 14.3 Å². The van der Waals surface area contributed by atoms with Gasteiger partial charge in [-0.3, -0.25) is 4.79 Å². The highest BCUT2D eigenvalue weighted by atomic mass is 32.2. The number of thioether (sulfide) groups is 1. The van der Waals surface area contributed by atoms with Gasteiger partial charge in [-0.2, -0.15) is 0 Å². The lowest BCUT2D eigenvalue weighted by Gasteiger charge is -2.16. The molecule has 3 aromatic carbocycles. The molecule has 1 N–H and O–H groups in total. The minimum Gasteiger partial charge on any atom is -0.467 e. The van der Waals surface area contributed by atoms with Crippen molar-refractivity contribution >= 4 is 23.6 Å². The molecule has 0 spiro atoms. The standard InChI is InChI=1S/C27H23N3O3S/c1-33-26(32)25(21-15-9-4-10-16-21)30-24(31)18-34-27-28-22(19-11-5-2-6-12-19)17-23(29-27)20-13-7-3-8-14-20/h2-17,25H,18H2,1H3,(H,30,31)/t25-/m1/s1. The van der Waals surface area contributed by atoms with E-state index in [9.17, 15) is 9.59 Å². The number of amides is 1. The molecule has 34 heavy (non-hydrogen) atoms. The van der Waals surface area contributed by atoms with Gasteiger partial charge in [0.15, 0.2) is 11.2 Å². The zero-order chi connectivity index (χ0) is 23.8. The maximum atomic E-state index is 12.7. The summed E-state index contributed by atoms with van der Waals surface area (Å²) in [6.45, 7) is 0. The zero-order valence-electron chi connectivity index (χ0n) is 18.5. The Bertz CT molecular complexity index is 1190. The van der Waals surface area contributed by atoms with Gasteiger partial charge in [0, 0.05) is 11.1 Å². The Morgan fingerprint density at radius 2 is 1.32 bits per heavy atom. The van der Waals surface area contributed by atoms with Crippen LogP contribution in [0.1, 0.15) is 11.6 Å². The Morgan fingerprint density at radius 3 is 1.82 bits per heavy atom. The molecule has 0 unspecified atom stereocenters. The molecule has 0 aliphatic rings. The van der Waals surface area contributed by atoms with Crippen LogP contribution in [0.25, 0.3) is 22.5 Å². The van der Waals surface area contributed by atoms with E-state index in [0.717, 1.165) is 22.5 Å². The molecule has 1 heterocycles. The van der Waals surface area contributed by atoms with Crippen LogP contribution in [0.15, 0.2) is 102 Å². The van der Waals surface area contributed by atoms with E-state index in [1.165, 1.54) is 18.9 Å². The highest BCUT2D eigenvalue weighted by Gasteiger charge is 2.23. The molecular formula is C27H23N3O3S. The minimum absolute atomic E-state index is 0.0484. The molecule has 0 saturated carbocycles. The number of carbonyl (C=O) groups is 2. The number of hydrogen-bond acceptors (Lipinski definition) is 6. The second kappa shape index (κ2) is 11.2. The average Bonchev–Trinajstić information content (AvgIpc) is 2.91. The first-order valence-electron chi connectivity index (χ1n) is 10.7. The summed E-state index contributed by atoms with van der Waals surface area (Å²) in [5.41, 5.74) is 4.12. The molecule has 170 valence electrons. The van der Waals surface area contributed by atoms with Gasteiger partial charge in [-0.1, -0.05) is 103 Å². The third-order valence-corrected chi connectivity index (χ3v) is 5.90. The molecule has 0 aliphatic heterocycles. The molecule has 0 aliphatic carbocycles. The van der Waals surface area contributed by atoms with Gasteiger partial charge in [0.25, 0.3) is 0 Å². The summed E-state index contributed by atoms with van der Waals surface area (Å²) in [5.74, 6) is -0.801. The van der Waals surface area contributed by atoms with E-state index in [1.54, 1.807) is 24.3 Å². The summed E-state index contributed by atoms with van der Waals surface area (Å²) >= 11 is 1.22. The van der Waals surface area contributed by atoms with Crippen LogP contribution < -0.4 is 5.32 Å². The number of methoxy groups -OCH3 is 1. The van der Waals surface area contributed by atoms with Crippen LogP contribution in [0.4, 0.5) is 0 Å². The van der Waals surface area contributed by atoms with Crippen molar-refractivity contribution in [2.24, 2.45) is 0 Å². The number of hydrogen-bond donors (Lipinski definition) is 1. The smallest absolute Gasteiger partial charge is 0.333 e. The molecular weight excluding hydrogens is 446 g/mol. The summed E-state index contributed by atoms with van der Waals surface area (Å²) in [6.07, 6.45) is 0.